The van der Waals surface area contributed by atoms with Gasteiger partial charge in [-0.3, -0.25) is 9.78 Å². The molecule has 25 heavy (non-hydrogen) atoms. The van der Waals surface area contributed by atoms with E-state index in [1.165, 1.54) is 0 Å². The van der Waals surface area contributed by atoms with Gasteiger partial charge in [0.25, 0.3) is 5.91 Å². The third kappa shape index (κ3) is 5.49. The van der Waals surface area contributed by atoms with Crippen molar-refractivity contribution in [2.45, 2.75) is 19.4 Å². The molecule has 0 saturated heterocycles. The number of para-hydroxylation sites is 1. The fourth-order valence-corrected chi connectivity index (χ4v) is 2.28. The van der Waals surface area contributed by atoms with E-state index in [4.69, 9.17) is 4.74 Å². The Balaban J connectivity index is 2.06. The van der Waals surface area contributed by atoms with Crippen LogP contribution in [0, 0.1) is 0 Å². The summed E-state index contributed by atoms with van der Waals surface area (Å²) >= 11 is 0. The first-order chi connectivity index (χ1) is 12.1. The Bertz CT molecular complexity index is 706. The zero-order chi connectivity index (χ0) is 18.1. The molecule has 3 amide bonds. The number of nitrogens with zero attached hydrogens (tertiary/aromatic N) is 1. The van der Waals surface area contributed by atoms with Crippen LogP contribution in [0.15, 0.2) is 48.8 Å². The van der Waals surface area contributed by atoms with Gasteiger partial charge >= 0.3 is 6.03 Å². The molecule has 1 atom stereocenters. The van der Waals surface area contributed by atoms with E-state index in [0.29, 0.717) is 17.9 Å². The molecule has 0 aliphatic heterocycles. The summed E-state index contributed by atoms with van der Waals surface area (Å²) in [7, 11) is 1.55. The summed E-state index contributed by atoms with van der Waals surface area (Å²) in [6, 6.07) is 10.3. The number of carbonyl (C=O) groups is 2. The molecule has 0 spiro atoms. The van der Waals surface area contributed by atoms with Crippen LogP contribution in [-0.2, 0) is 4.79 Å². The molecule has 0 fully saturated rings. The van der Waals surface area contributed by atoms with Gasteiger partial charge in [0.1, 0.15) is 5.75 Å². The van der Waals surface area contributed by atoms with Gasteiger partial charge in [-0.2, -0.15) is 0 Å². The van der Waals surface area contributed by atoms with E-state index < -0.39 is 0 Å². The minimum Gasteiger partial charge on any atom is -0.483 e. The number of benzene rings is 1. The second-order valence-electron chi connectivity index (χ2n) is 5.30. The molecule has 3 N–H and O–H groups in total. The largest absolute Gasteiger partial charge is 0.483 e. The lowest BCUT2D eigenvalue weighted by molar-refractivity contribution is -0.122. The molecule has 7 nitrogen and oxygen atoms in total. The first-order valence-corrected chi connectivity index (χ1v) is 8.04. The number of amides is 3. The van der Waals surface area contributed by atoms with Gasteiger partial charge in [0.2, 0.25) is 0 Å². The van der Waals surface area contributed by atoms with Crippen LogP contribution < -0.4 is 20.7 Å². The molecular formula is C18H22N4O3. The van der Waals surface area contributed by atoms with Gasteiger partial charge in [0.05, 0.1) is 17.9 Å². The van der Waals surface area contributed by atoms with Crippen molar-refractivity contribution in [2.75, 3.05) is 19.0 Å². The van der Waals surface area contributed by atoms with Crippen molar-refractivity contribution >= 4 is 17.6 Å². The first-order valence-electron chi connectivity index (χ1n) is 8.04. The average Bonchev–Trinajstić information content (AvgIpc) is 2.65. The summed E-state index contributed by atoms with van der Waals surface area (Å²) in [5.74, 6) is 0.352. The van der Waals surface area contributed by atoms with Crippen LogP contribution in [0.1, 0.15) is 24.9 Å². The van der Waals surface area contributed by atoms with E-state index in [2.05, 4.69) is 20.9 Å². The van der Waals surface area contributed by atoms with Crippen LogP contribution in [-0.4, -0.2) is 30.6 Å². The number of pyridine rings is 1. The summed E-state index contributed by atoms with van der Waals surface area (Å²) in [5, 5.41) is 8.16. The zero-order valence-corrected chi connectivity index (χ0v) is 14.3. The maximum absolute atomic E-state index is 12.2. The fourth-order valence-electron chi connectivity index (χ4n) is 2.28. The summed E-state index contributed by atoms with van der Waals surface area (Å²) in [5.41, 5.74) is 1.43. The number of ether oxygens (including phenoxy) is 1. The van der Waals surface area contributed by atoms with Crippen molar-refractivity contribution < 1.29 is 14.3 Å². The Morgan fingerprint density at radius 3 is 2.68 bits per heavy atom. The lowest BCUT2D eigenvalue weighted by atomic mass is 10.0. The third-order valence-electron chi connectivity index (χ3n) is 3.57. The standard InChI is InChI=1S/C18H22N4O3/c1-3-15(22-18(24)21-13-7-6-10-20-11-13)14-8-4-5-9-16(14)25-12-17(23)19-2/h4-11,15H,3,12H2,1-2H3,(H,19,23)(H2,21,22,24)/t15-/m1/s1. The number of aromatic nitrogens is 1. The van der Waals surface area contributed by atoms with Crippen LogP contribution in [0.4, 0.5) is 10.5 Å². The predicted octanol–water partition coefficient (Wildman–Crippen LogP) is 2.48. The van der Waals surface area contributed by atoms with Gasteiger partial charge < -0.3 is 20.7 Å². The molecule has 0 bridgehead atoms. The number of urea groups is 1. The Morgan fingerprint density at radius 2 is 2.00 bits per heavy atom. The molecule has 1 heterocycles. The van der Waals surface area contributed by atoms with E-state index in [1.54, 1.807) is 37.6 Å². The number of hydrogen-bond donors (Lipinski definition) is 3. The van der Waals surface area contributed by atoms with Gasteiger partial charge in [-0.05, 0) is 24.6 Å². The quantitative estimate of drug-likeness (QED) is 0.721. The van der Waals surface area contributed by atoms with Crippen LogP contribution in [0.2, 0.25) is 0 Å². The molecule has 1 aromatic heterocycles. The molecule has 7 heteroatoms. The molecule has 0 radical (unpaired) electrons. The minimum atomic E-state index is -0.332. The van der Waals surface area contributed by atoms with Gasteiger partial charge in [-0.1, -0.05) is 25.1 Å². The van der Waals surface area contributed by atoms with E-state index in [9.17, 15) is 9.59 Å². The number of likely N-dealkylation sites (N-methyl/N-ethyl adjacent to an activating group) is 1. The van der Waals surface area contributed by atoms with Crippen molar-refractivity contribution in [1.82, 2.24) is 15.6 Å². The number of rotatable bonds is 7. The van der Waals surface area contributed by atoms with Crippen LogP contribution in [0.3, 0.4) is 0 Å². The average molecular weight is 342 g/mol. The Morgan fingerprint density at radius 1 is 1.20 bits per heavy atom. The SMILES string of the molecule is CC[C@@H](NC(=O)Nc1cccnc1)c1ccccc1OCC(=O)NC. The lowest BCUT2D eigenvalue weighted by Crippen LogP contribution is -2.32. The van der Waals surface area contributed by atoms with Crippen molar-refractivity contribution in [2.24, 2.45) is 0 Å². The normalized spacial score (nSPS) is 11.3. The van der Waals surface area contributed by atoms with Crippen molar-refractivity contribution in [3.8, 4) is 5.75 Å². The predicted molar refractivity (Wildman–Crippen MR) is 95.4 cm³/mol. The molecule has 2 aromatic rings. The Kier molecular flexibility index (Phi) is 6.76. The summed E-state index contributed by atoms with van der Waals surface area (Å²) in [6.45, 7) is 1.89. The summed E-state index contributed by atoms with van der Waals surface area (Å²) in [4.78, 5) is 27.6. The van der Waals surface area contributed by atoms with E-state index >= 15 is 0 Å². The van der Waals surface area contributed by atoms with Crippen molar-refractivity contribution in [1.29, 1.82) is 0 Å². The van der Waals surface area contributed by atoms with Gasteiger partial charge in [-0.25, -0.2) is 4.79 Å². The smallest absolute Gasteiger partial charge is 0.319 e. The van der Waals surface area contributed by atoms with Gasteiger partial charge in [0, 0.05) is 18.8 Å². The molecule has 1 aromatic carbocycles. The van der Waals surface area contributed by atoms with Gasteiger partial charge in [0.15, 0.2) is 6.61 Å². The molecular weight excluding hydrogens is 320 g/mol. The molecule has 2 rings (SSSR count). The zero-order valence-electron chi connectivity index (χ0n) is 14.3. The summed E-state index contributed by atoms with van der Waals surface area (Å²) in [6.07, 6.45) is 3.87. The van der Waals surface area contributed by atoms with E-state index in [0.717, 1.165) is 5.56 Å². The number of anilines is 1. The molecule has 132 valence electrons. The molecule has 0 aliphatic rings. The topological polar surface area (TPSA) is 92.3 Å². The molecule has 0 saturated carbocycles. The Hall–Kier alpha value is -3.09. The number of carbonyl (C=O) groups excluding carboxylic acids is 2. The van der Waals surface area contributed by atoms with Crippen molar-refractivity contribution in [3.05, 3.63) is 54.4 Å². The second-order valence-corrected chi connectivity index (χ2v) is 5.30. The maximum Gasteiger partial charge on any atom is 0.319 e. The second kappa shape index (κ2) is 9.27. The van der Waals surface area contributed by atoms with E-state index in [1.807, 2.05) is 25.1 Å². The monoisotopic (exact) mass is 342 g/mol. The third-order valence-corrected chi connectivity index (χ3v) is 3.57. The minimum absolute atomic E-state index is 0.0776. The van der Waals surface area contributed by atoms with E-state index in [-0.39, 0.29) is 24.6 Å². The van der Waals surface area contributed by atoms with Crippen LogP contribution in [0.5, 0.6) is 5.75 Å². The maximum atomic E-state index is 12.2. The highest BCUT2D eigenvalue weighted by Gasteiger charge is 2.17. The highest BCUT2D eigenvalue weighted by molar-refractivity contribution is 5.89. The van der Waals surface area contributed by atoms with Gasteiger partial charge in [-0.15, -0.1) is 0 Å². The molecule has 0 unspecified atom stereocenters. The van der Waals surface area contributed by atoms with Crippen molar-refractivity contribution in [3.63, 3.8) is 0 Å². The lowest BCUT2D eigenvalue weighted by Gasteiger charge is -2.21. The Labute approximate surface area is 146 Å². The summed E-state index contributed by atoms with van der Waals surface area (Å²) < 4.78 is 5.58. The number of hydrogen-bond acceptors (Lipinski definition) is 4. The highest BCUT2D eigenvalue weighted by atomic mass is 16.5. The number of nitrogens with one attached hydrogen (secondary N) is 3. The fraction of sp³-hybridized carbons (Fsp3) is 0.278. The highest BCUT2D eigenvalue weighted by Crippen LogP contribution is 2.27. The van der Waals surface area contributed by atoms with Crippen LogP contribution >= 0.6 is 0 Å². The first kappa shape index (κ1) is 18.3. The molecule has 0 aliphatic carbocycles. The van der Waals surface area contributed by atoms with Crippen LogP contribution in [0.25, 0.3) is 0 Å².